The van der Waals surface area contributed by atoms with Gasteiger partial charge in [0.25, 0.3) is 5.91 Å². The number of benzene rings is 2. The number of aromatic nitrogens is 2. The number of carbonyl (C=O) groups excluding carboxylic acids is 2. The number of ether oxygens (including phenoxy) is 2. The Morgan fingerprint density at radius 2 is 1.70 bits per heavy atom. The lowest BCUT2D eigenvalue weighted by atomic mass is 10.1. The van der Waals surface area contributed by atoms with Gasteiger partial charge in [-0.3, -0.25) is 4.79 Å². The van der Waals surface area contributed by atoms with E-state index in [-0.39, 0.29) is 6.61 Å². The second-order valence-electron chi connectivity index (χ2n) is 6.99. The maximum atomic E-state index is 12.3. The van der Waals surface area contributed by atoms with Crippen molar-refractivity contribution in [3.63, 3.8) is 0 Å². The maximum Gasteiger partial charge on any atom is 0.344 e. The lowest BCUT2D eigenvalue weighted by Crippen LogP contribution is -2.24. The number of anilines is 1. The van der Waals surface area contributed by atoms with E-state index in [1.54, 1.807) is 10.7 Å². The van der Waals surface area contributed by atoms with Gasteiger partial charge in [-0.25, -0.2) is 9.48 Å². The SMILES string of the molecule is Cc1cccc(OCC(=O)OCC(=O)Nc2c(C)nn(-c3ccccc3)c2C)c1C. The van der Waals surface area contributed by atoms with Crippen LogP contribution in [0.15, 0.2) is 48.5 Å². The van der Waals surface area contributed by atoms with Crippen LogP contribution in [0.2, 0.25) is 0 Å². The van der Waals surface area contributed by atoms with Gasteiger partial charge in [-0.1, -0.05) is 30.3 Å². The van der Waals surface area contributed by atoms with E-state index in [0.29, 0.717) is 17.1 Å². The van der Waals surface area contributed by atoms with Crippen molar-refractivity contribution in [2.75, 3.05) is 18.5 Å². The Hall–Kier alpha value is -3.61. The summed E-state index contributed by atoms with van der Waals surface area (Å²) in [6.45, 7) is 6.91. The zero-order chi connectivity index (χ0) is 21.7. The number of nitrogens with one attached hydrogen (secondary N) is 1. The third-order valence-corrected chi connectivity index (χ3v) is 4.82. The van der Waals surface area contributed by atoms with Crippen molar-refractivity contribution in [2.45, 2.75) is 27.7 Å². The molecule has 3 rings (SSSR count). The van der Waals surface area contributed by atoms with Crippen molar-refractivity contribution in [3.05, 3.63) is 71.0 Å². The van der Waals surface area contributed by atoms with Crippen LogP contribution >= 0.6 is 0 Å². The van der Waals surface area contributed by atoms with Crippen LogP contribution in [0.25, 0.3) is 5.69 Å². The van der Waals surface area contributed by atoms with Gasteiger partial charge >= 0.3 is 5.97 Å². The number of amides is 1. The highest BCUT2D eigenvalue weighted by atomic mass is 16.6. The Morgan fingerprint density at radius 3 is 2.43 bits per heavy atom. The van der Waals surface area contributed by atoms with Crippen molar-refractivity contribution in [2.24, 2.45) is 0 Å². The number of hydrogen-bond donors (Lipinski definition) is 1. The van der Waals surface area contributed by atoms with Gasteiger partial charge in [-0.2, -0.15) is 5.10 Å². The zero-order valence-corrected chi connectivity index (χ0v) is 17.6. The molecule has 0 spiro atoms. The van der Waals surface area contributed by atoms with Crippen molar-refractivity contribution in [3.8, 4) is 11.4 Å². The highest BCUT2D eigenvalue weighted by molar-refractivity contribution is 5.94. The van der Waals surface area contributed by atoms with Crippen LogP contribution in [0.3, 0.4) is 0 Å². The lowest BCUT2D eigenvalue weighted by molar-refractivity contribution is -0.149. The van der Waals surface area contributed by atoms with Crippen LogP contribution in [-0.4, -0.2) is 34.9 Å². The minimum absolute atomic E-state index is 0.262. The Morgan fingerprint density at radius 1 is 0.967 bits per heavy atom. The quantitative estimate of drug-likeness (QED) is 0.605. The molecule has 0 aliphatic carbocycles. The van der Waals surface area contributed by atoms with Crippen LogP contribution in [0.1, 0.15) is 22.5 Å². The summed E-state index contributed by atoms with van der Waals surface area (Å²) in [5.41, 5.74) is 5.00. The molecule has 0 saturated heterocycles. The molecule has 1 heterocycles. The predicted molar refractivity (Wildman–Crippen MR) is 114 cm³/mol. The average molecular weight is 407 g/mol. The van der Waals surface area contributed by atoms with Crippen LogP contribution in [0, 0.1) is 27.7 Å². The first-order valence-corrected chi connectivity index (χ1v) is 9.63. The van der Waals surface area contributed by atoms with E-state index in [2.05, 4.69) is 10.4 Å². The third kappa shape index (κ3) is 4.86. The third-order valence-electron chi connectivity index (χ3n) is 4.82. The number of aryl methyl sites for hydroxylation is 2. The van der Waals surface area contributed by atoms with Gasteiger partial charge < -0.3 is 14.8 Å². The Bertz CT molecular complexity index is 1060. The molecule has 30 heavy (non-hydrogen) atoms. The number of carbonyl (C=O) groups is 2. The number of esters is 1. The molecule has 0 saturated carbocycles. The molecule has 0 radical (unpaired) electrons. The summed E-state index contributed by atoms with van der Waals surface area (Å²) < 4.78 is 12.3. The van der Waals surface area contributed by atoms with Crippen molar-refractivity contribution >= 4 is 17.6 Å². The first kappa shape index (κ1) is 21.1. The number of hydrogen-bond acceptors (Lipinski definition) is 5. The van der Waals surface area contributed by atoms with Crippen LogP contribution in [-0.2, 0) is 14.3 Å². The van der Waals surface area contributed by atoms with Gasteiger partial charge in [0.15, 0.2) is 13.2 Å². The number of rotatable bonds is 7. The Balaban J connectivity index is 1.54. The zero-order valence-electron chi connectivity index (χ0n) is 17.6. The van der Waals surface area contributed by atoms with Crippen LogP contribution in [0.5, 0.6) is 5.75 Å². The maximum absolute atomic E-state index is 12.3. The first-order chi connectivity index (χ1) is 14.4. The molecular formula is C23H25N3O4. The molecule has 1 amide bonds. The summed E-state index contributed by atoms with van der Waals surface area (Å²) in [4.78, 5) is 24.2. The van der Waals surface area contributed by atoms with Crippen molar-refractivity contribution in [1.29, 1.82) is 0 Å². The summed E-state index contributed by atoms with van der Waals surface area (Å²) in [5.74, 6) is -0.427. The molecule has 0 fully saturated rings. The van der Waals surface area contributed by atoms with E-state index in [4.69, 9.17) is 9.47 Å². The molecule has 0 aliphatic rings. The minimum atomic E-state index is -0.612. The van der Waals surface area contributed by atoms with E-state index >= 15 is 0 Å². The predicted octanol–water partition coefficient (Wildman–Crippen LogP) is 3.67. The monoisotopic (exact) mass is 407 g/mol. The number of nitrogens with zero attached hydrogens (tertiary/aromatic N) is 2. The molecule has 3 aromatic rings. The van der Waals surface area contributed by atoms with Gasteiger partial charge in [0, 0.05) is 0 Å². The van der Waals surface area contributed by atoms with E-state index in [1.807, 2.05) is 70.2 Å². The molecule has 156 valence electrons. The molecule has 7 nitrogen and oxygen atoms in total. The first-order valence-electron chi connectivity index (χ1n) is 9.63. The second kappa shape index (κ2) is 9.26. The van der Waals surface area contributed by atoms with E-state index in [1.165, 1.54) is 0 Å². The Kier molecular flexibility index (Phi) is 6.51. The molecule has 7 heteroatoms. The fourth-order valence-corrected chi connectivity index (χ4v) is 3.02. The molecular weight excluding hydrogens is 382 g/mol. The summed E-state index contributed by atoms with van der Waals surface area (Å²) in [6.07, 6.45) is 0. The van der Waals surface area contributed by atoms with Gasteiger partial charge in [0.2, 0.25) is 0 Å². The topological polar surface area (TPSA) is 82.4 Å². The number of para-hydroxylation sites is 1. The van der Waals surface area contributed by atoms with Gasteiger partial charge in [0.05, 0.1) is 22.8 Å². The molecule has 0 bridgehead atoms. The fourth-order valence-electron chi connectivity index (χ4n) is 3.02. The Labute approximate surface area is 175 Å². The summed E-state index contributed by atoms with van der Waals surface area (Å²) in [5, 5.41) is 7.26. The largest absolute Gasteiger partial charge is 0.482 e. The average Bonchev–Trinajstić information content (AvgIpc) is 3.02. The minimum Gasteiger partial charge on any atom is -0.482 e. The van der Waals surface area contributed by atoms with Gasteiger partial charge in [-0.15, -0.1) is 0 Å². The van der Waals surface area contributed by atoms with Gasteiger partial charge in [-0.05, 0) is 57.0 Å². The van der Waals surface area contributed by atoms with E-state index < -0.39 is 18.5 Å². The van der Waals surface area contributed by atoms with E-state index in [9.17, 15) is 9.59 Å². The van der Waals surface area contributed by atoms with Crippen LogP contribution < -0.4 is 10.1 Å². The standard InChI is InChI=1S/C23H25N3O4/c1-15-9-8-12-20(16(15)2)29-14-22(28)30-13-21(27)24-23-17(3)25-26(18(23)4)19-10-6-5-7-11-19/h5-12H,13-14H2,1-4H3,(H,24,27). The molecule has 2 aromatic carbocycles. The lowest BCUT2D eigenvalue weighted by Gasteiger charge is -2.11. The van der Waals surface area contributed by atoms with Crippen molar-refractivity contribution in [1.82, 2.24) is 9.78 Å². The van der Waals surface area contributed by atoms with Crippen LogP contribution in [0.4, 0.5) is 5.69 Å². The molecule has 0 atom stereocenters. The molecule has 0 aliphatic heterocycles. The molecule has 1 N–H and O–H groups in total. The van der Waals surface area contributed by atoms with E-state index in [0.717, 1.165) is 22.5 Å². The van der Waals surface area contributed by atoms with Gasteiger partial charge in [0.1, 0.15) is 5.75 Å². The van der Waals surface area contributed by atoms with Crippen molar-refractivity contribution < 1.29 is 19.1 Å². The molecule has 0 unspecified atom stereocenters. The molecule has 1 aromatic heterocycles. The fraction of sp³-hybridized carbons (Fsp3) is 0.261. The second-order valence-corrected chi connectivity index (χ2v) is 6.99. The normalized spacial score (nSPS) is 10.5. The summed E-state index contributed by atoms with van der Waals surface area (Å²) in [7, 11) is 0. The smallest absolute Gasteiger partial charge is 0.344 e. The summed E-state index contributed by atoms with van der Waals surface area (Å²) in [6, 6.07) is 15.2. The highest BCUT2D eigenvalue weighted by Crippen LogP contribution is 2.23. The highest BCUT2D eigenvalue weighted by Gasteiger charge is 2.16. The summed E-state index contributed by atoms with van der Waals surface area (Å²) >= 11 is 0.